The summed E-state index contributed by atoms with van der Waals surface area (Å²) in [5.41, 5.74) is 2.81. The summed E-state index contributed by atoms with van der Waals surface area (Å²) in [5.74, 6) is 0.101. The summed E-state index contributed by atoms with van der Waals surface area (Å²) >= 11 is 0. The Hall–Kier alpha value is -2.25. The number of hydrogen-bond acceptors (Lipinski definition) is 5. The van der Waals surface area contributed by atoms with Crippen molar-refractivity contribution in [3.05, 3.63) is 34.9 Å². The molecule has 1 aromatic carbocycles. The molecular weight excluding hydrogens is 380 g/mol. The standard InChI is InChI=1S/C23H30N4O3/c28-20-9-8-19(22(29)25-20)27-13-17-7-3-6-16(21(17)23(27)30)12-26-11-10-24-18(14-26)15-4-1-2-5-15/h3,6-7,15,18-19,24H,1-2,4-5,8-14H2,(H,25,28,29). The van der Waals surface area contributed by atoms with E-state index in [4.69, 9.17) is 0 Å². The van der Waals surface area contributed by atoms with Crippen molar-refractivity contribution >= 4 is 17.7 Å². The number of benzene rings is 1. The quantitative estimate of drug-likeness (QED) is 0.734. The fourth-order valence-corrected chi connectivity index (χ4v) is 5.72. The molecule has 7 heteroatoms. The second-order valence-electron chi connectivity index (χ2n) is 9.19. The van der Waals surface area contributed by atoms with E-state index in [9.17, 15) is 14.4 Å². The summed E-state index contributed by atoms with van der Waals surface area (Å²) in [6.07, 6.45) is 6.03. The Morgan fingerprint density at radius 1 is 1.07 bits per heavy atom. The molecule has 5 rings (SSSR count). The van der Waals surface area contributed by atoms with Crippen LogP contribution in [0.15, 0.2) is 18.2 Å². The Balaban J connectivity index is 1.31. The summed E-state index contributed by atoms with van der Waals surface area (Å²) in [6, 6.07) is 6.06. The molecule has 2 saturated heterocycles. The summed E-state index contributed by atoms with van der Waals surface area (Å²) in [6.45, 7) is 4.22. The number of piperidine rings is 1. The minimum absolute atomic E-state index is 0.0717. The van der Waals surface area contributed by atoms with E-state index in [1.165, 1.54) is 25.7 Å². The van der Waals surface area contributed by atoms with E-state index in [1.54, 1.807) is 4.90 Å². The van der Waals surface area contributed by atoms with Crippen LogP contribution in [0.2, 0.25) is 0 Å². The second-order valence-corrected chi connectivity index (χ2v) is 9.19. The van der Waals surface area contributed by atoms with Crippen LogP contribution in [0.1, 0.15) is 60.0 Å². The molecule has 0 radical (unpaired) electrons. The van der Waals surface area contributed by atoms with E-state index >= 15 is 0 Å². The molecule has 7 nitrogen and oxygen atoms in total. The van der Waals surface area contributed by atoms with Gasteiger partial charge in [-0.25, -0.2) is 0 Å². The van der Waals surface area contributed by atoms with Crippen molar-refractivity contribution in [2.75, 3.05) is 19.6 Å². The molecule has 0 aromatic heterocycles. The minimum Gasteiger partial charge on any atom is -0.322 e. The van der Waals surface area contributed by atoms with Crippen molar-refractivity contribution < 1.29 is 14.4 Å². The zero-order valence-electron chi connectivity index (χ0n) is 17.4. The van der Waals surface area contributed by atoms with Crippen LogP contribution in [0.4, 0.5) is 0 Å². The number of amides is 3. The molecule has 160 valence electrons. The van der Waals surface area contributed by atoms with Gasteiger partial charge in [0.25, 0.3) is 5.91 Å². The first-order valence-corrected chi connectivity index (χ1v) is 11.3. The molecule has 3 fully saturated rings. The zero-order chi connectivity index (χ0) is 20.7. The molecule has 1 aromatic rings. The number of piperazine rings is 1. The molecular formula is C23H30N4O3. The summed E-state index contributed by atoms with van der Waals surface area (Å²) < 4.78 is 0. The van der Waals surface area contributed by atoms with Gasteiger partial charge in [0.1, 0.15) is 6.04 Å². The van der Waals surface area contributed by atoms with Crippen LogP contribution >= 0.6 is 0 Å². The number of carbonyl (C=O) groups excluding carboxylic acids is 3. The van der Waals surface area contributed by atoms with Gasteiger partial charge in [-0.05, 0) is 36.3 Å². The van der Waals surface area contributed by atoms with Crippen LogP contribution in [-0.4, -0.2) is 59.2 Å². The van der Waals surface area contributed by atoms with E-state index in [0.717, 1.165) is 48.8 Å². The van der Waals surface area contributed by atoms with Gasteiger partial charge in [-0.2, -0.15) is 0 Å². The fraction of sp³-hybridized carbons (Fsp3) is 0.609. The summed E-state index contributed by atoms with van der Waals surface area (Å²) in [7, 11) is 0. The van der Waals surface area contributed by atoms with Gasteiger partial charge in [0.05, 0.1) is 0 Å². The van der Waals surface area contributed by atoms with Gasteiger partial charge >= 0.3 is 0 Å². The molecule has 1 saturated carbocycles. The van der Waals surface area contributed by atoms with E-state index in [2.05, 4.69) is 21.6 Å². The van der Waals surface area contributed by atoms with Crippen molar-refractivity contribution in [3.63, 3.8) is 0 Å². The Bertz CT molecular complexity index is 864. The van der Waals surface area contributed by atoms with Gasteiger partial charge in [-0.3, -0.25) is 24.6 Å². The van der Waals surface area contributed by atoms with E-state index in [-0.39, 0.29) is 24.1 Å². The maximum Gasteiger partial charge on any atom is 0.255 e. The molecule has 0 bridgehead atoms. The second kappa shape index (κ2) is 8.12. The third-order valence-electron chi connectivity index (χ3n) is 7.29. The van der Waals surface area contributed by atoms with E-state index in [0.29, 0.717) is 19.0 Å². The Morgan fingerprint density at radius 2 is 1.90 bits per heavy atom. The molecule has 2 N–H and O–H groups in total. The van der Waals surface area contributed by atoms with Crippen molar-refractivity contribution in [1.82, 2.24) is 20.4 Å². The predicted molar refractivity (Wildman–Crippen MR) is 112 cm³/mol. The van der Waals surface area contributed by atoms with E-state index in [1.807, 2.05) is 12.1 Å². The maximum absolute atomic E-state index is 13.3. The Labute approximate surface area is 177 Å². The van der Waals surface area contributed by atoms with Gasteiger partial charge in [0.15, 0.2) is 0 Å². The molecule has 1 aliphatic carbocycles. The van der Waals surface area contributed by atoms with Crippen LogP contribution < -0.4 is 10.6 Å². The molecule has 0 spiro atoms. The highest BCUT2D eigenvalue weighted by Crippen LogP contribution is 2.32. The van der Waals surface area contributed by atoms with E-state index < -0.39 is 6.04 Å². The molecule has 4 aliphatic rings. The molecule has 3 aliphatic heterocycles. The number of fused-ring (bicyclic) bond motifs is 1. The van der Waals surface area contributed by atoms with Gasteiger partial charge in [-0.1, -0.05) is 31.0 Å². The molecule has 3 heterocycles. The van der Waals surface area contributed by atoms with Crippen LogP contribution in [-0.2, 0) is 22.7 Å². The van der Waals surface area contributed by atoms with Crippen LogP contribution in [0.5, 0.6) is 0 Å². The topological polar surface area (TPSA) is 81.8 Å². The van der Waals surface area contributed by atoms with Crippen LogP contribution in [0.3, 0.4) is 0 Å². The largest absolute Gasteiger partial charge is 0.322 e. The van der Waals surface area contributed by atoms with Crippen LogP contribution in [0.25, 0.3) is 0 Å². The van der Waals surface area contributed by atoms with Crippen molar-refractivity contribution in [2.24, 2.45) is 5.92 Å². The first kappa shape index (κ1) is 19.7. The van der Waals surface area contributed by atoms with Gasteiger partial charge in [-0.15, -0.1) is 0 Å². The highest BCUT2D eigenvalue weighted by atomic mass is 16.2. The van der Waals surface area contributed by atoms with Gasteiger partial charge in [0, 0.05) is 50.7 Å². The molecule has 30 heavy (non-hydrogen) atoms. The summed E-state index contributed by atoms with van der Waals surface area (Å²) in [4.78, 5) is 41.2. The highest BCUT2D eigenvalue weighted by molar-refractivity contribution is 6.05. The number of carbonyl (C=O) groups is 3. The number of imide groups is 1. The number of rotatable bonds is 4. The Kier molecular flexibility index (Phi) is 5.33. The van der Waals surface area contributed by atoms with Gasteiger partial charge < -0.3 is 10.2 Å². The first-order valence-electron chi connectivity index (χ1n) is 11.3. The minimum atomic E-state index is -0.554. The number of nitrogens with one attached hydrogen (secondary N) is 2. The molecule has 2 unspecified atom stereocenters. The predicted octanol–water partition coefficient (Wildman–Crippen LogP) is 1.41. The SMILES string of the molecule is O=C1CCC(N2Cc3cccc(CN4CCNC(C5CCCC5)C4)c3C2=O)C(=O)N1. The van der Waals surface area contributed by atoms with Crippen LogP contribution in [0, 0.1) is 5.92 Å². The third-order valence-corrected chi connectivity index (χ3v) is 7.29. The van der Waals surface area contributed by atoms with Crippen molar-refractivity contribution in [1.29, 1.82) is 0 Å². The highest BCUT2D eigenvalue weighted by Gasteiger charge is 2.40. The first-order chi connectivity index (χ1) is 14.6. The summed E-state index contributed by atoms with van der Waals surface area (Å²) in [5, 5.41) is 6.09. The van der Waals surface area contributed by atoms with Gasteiger partial charge in [0.2, 0.25) is 11.8 Å². The molecule has 3 amide bonds. The lowest BCUT2D eigenvalue weighted by Gasteiger charge is -2.37. The number of nitrogens with zero attached hydrogens (tertiary/aromatic N) is 2. The lowest BCUT2D eigenvalue weighted by Crippen LogP contribution is -2.53. The zero-order valence-corrected chi connectivity index (χ0v) is 17.4. The third kappa shape index (κ3) is 3.65. The van der Waals surface area contributed by atoms with Crippen molar-refractivity contribution in [2.45, 2.75) is 63.7 Å². The monoisotopic (exact) mass is 410 g/mol. The fourth-order valence-electron chi connectivity index (χ4n) is 5.72. The average Bonchev–Trinajstić information content (AvgIpc) is 3.38. The van der Waals surface area contributed by atoms with Crippen molar-refractivity contribution in [3.8, 4) is 0 Å². The maximum atomic E-state index is 13.3. The number of hydrogen-bond donors (Lipinski definition) is 2. The lowest BCUT2D eigenvalue weighted by atomic mass is 9.95. The average molecular weight is 411 g/mol. The lowest BCUT2D eigenvalue weighted by molar-refractivity contribution is -0.136. The smallest absolute Gasteiger partial charge is 0.255 e. The molecule has 2 atom stereocenters. The Morgan fingerprint density at radius 3 is 2.70 bits per heavy atom. The normalized spacial score (nSPS) is 28.1.